The van der Waals surface area contributed by atoms with Crippen molar-refractivity contribution in [2.24, 2.45) is 0 Å². The lowest BCUT2D eigenvalue weighted by molar-refractivity contribution is 0.467. The summed E-state index contributed by atoms with van der Waals surface area (Å²) in [6.45, 7) is 0. The van der Waals surface area contributed by atoms with Crippen molar-refractivity contribution in [3.63, 3.8) is 0 Å². The first-order valence-electron chi connectivity index (χ1n) is 8.18. The summed E-state index contributed by atoms with van der Waals surface area (Å²) >= 11 is 1.76. The summed E-state index contributed by atoms with van der Waals surface area (Å²) in [7, 11) is 0. The first-order valence-corrected chi connectivity index (χ1v) is 9.00. The van der Waals surface area contributed by atoms with Crippen molar-refractivity contribution in [1.29, 1.82) is 0 Å². The van der Waals surface area contributed by atoms with Gasteiger partial charge < -0.3 is 9.15 Å². The number of benzene rings is 1. The normalized spacial score (nSPS) is 13.8. The maximum Gasteiger partial charge on any atom is 0.247 e. The van der Waals surface area contributed by atoms with Crippen LogP contribution in [0.3, 0.4) is 0 Å². The Balaban J connectivity index is 1.56. The Morgan fingerprint density at radius 3 is 3.00 bits per heavy atom. The fourth-order valence-electron chi connectivity index (χ4n) is 3.24. The van der Waals surface area contributed by atoms with Crippen molar-refractivity contribution >= 4 is 21.6 Å². The molecule has 0 unspecified atom stereocenters. The third-order valence-electron chi connectivity index (χ3n) is 4.37. The quantitative estimate of drug-likeness (QED) is 0.545. The molecule has 0 bridgehead atoms. The highest BCUT2D eigenvalue weighted by atomic mass is 32.1. The average Bonchev–Trinajstić information content (AvgIpc) is 3.30. The molecule has 0 amide bonds. The molecule has 3 aromatic heterocycles. The van der Waals surface area contributed by atoms with Crippen LogP contribution < -0.4 is 4.74 Å². The van der Waals surface area contributed by atoms with Gasteiger partial charge in [0.05, 0.1) is 5.39 Å². The van der Waals surface area contributed by atoms with Gasteiger partial charge in [-0.2, -0.15) is 0 Å². The van der Waals surface area contributed by atoms with Crippen LogP contribution in [0.2, 0.25) is 0 Å². The van der Waals surface area contributed by atoms with Gasteiger partial charge >= 0.3 is 0 Å². The van der Waals surface area contributed by atoms with Crippen molar-refractivity contribution in [3.8, 4) is 23.1 Å². The number of aryl methyl sites for hydroxylation is 2. The summed E-state index contributed by atoms with van der Waals surface area (Å²) in [5, 5.41) is 8.72. The SMILES string of the molecule is c1cc(Oc2ncnc3sc4c(c23)CCCC4)cc(-c2nnco2)c1. The molecule has 5 rings (SSSR count). The molecule has 0 aliphatic heterocycles. The summed E-state index contributed by atoms with van der Waals surface area (Å²) in [4.78, 5) is 11.3. The number of hydrogen-bond acceptors (Lipinski definition) is 7. The molecule has 0 spiro atoms. The molecular formula is C18H14N4O2S. The third kappa shape index (κ3) is 2.56. The van der Waals surface area contributed by atoms with Gasteiger partial charge in [-0.3, -0.25) is 0 Å². The summed E-state index contributed by atoms with van der Waals surface area (Å²) in [5.41, 5.74) is 2.17. The van der Waals surface area contributed by atoms with Crippen LogP contribution in [0.4, 0.5) is 0 Å². The van der Waals surface area contributed by atoms with Gasteiger partial charge in [-0.05, 0) is 49.4 Å². The second kappa shape index (κ2) is 5.93. The second-order valence-electron chi connectivity index (χ2n) is 5.94. The topological polar surface area (TPSA) is 73.9 Å². The Kier molecular flexibility index (Phi) is 3.45. The lowest BCUT2D eigenvalue weighted by atomic mass is 9.97. The third-order valence-corrected chi connectivity index (χ3v) is 5.57. The molecule has 0 N–H and O–H groups in total. The molecule has 1 aromatic carbocycles. The zero-order valence-corrected chi connectivity index (χ0v) is 14.1. The van der Waals surface area contributed by atoms with Gasteiger partial charge in [-0.1, -0.05) is 6.07 Å². The summed E-state index contributed by atoms with van der Waals surface area (Å²) in [5.74, 6) is 1.77. The van der Waals surface area contributed by atoms with E-state index in [0.717, 1.165) is 28.6 Å². The van der Waals surface area contributed by atoms with Crippen LogP contribution >= 0.6 is 11.3 Å². The fraction of sp³-hybridized carbons (Fsp3) is 0.222. The van der Waals surface area contributed by atoms with Gasteiger partial charge in [0.25, 0.3) is 0 Å². The van der Waals surface area contributed by atoms with Gasteiger partial charge in [-0.25, -0.2) is 9.97 Å². The van der Waals surface area contributed by atoms with Crippen LogP contribution in [0.1, 0.15) is 23.3 Å². The summed E-state index contributed by atoms with van der Waals surface area (Å²) < 4.78 is 11.4. The van der Waals surface area contributed by atoms with E-state index in [2.05, 4.69) is 20.2 Å². The van der Waals surface area contributed by atoms with E-state index < -0.39 is 0 Å². The summed E-state index contributed by atoms with van der Waals surface area (Å²) in [6, 6.07) is 7.58. The number of aromatic nitrogens is 4. The number of nitrogens with zero attached hydrogens (tertiary/aromatic N) is 4. The van der Waals surface area contributed by atoms with E-state index in [1.807, 2.05) is 24.3 Å². The first kappa shape index (κ1) is 14.5. The van der Waals surface area contributed by atoms with E-state index in [9.17, 15) is 0 Å². The molecule has 0 saturated heterocycles. The van der Waals surface area contributed by atoms with E-state index >= 15 is 0 Å². The molecule has 0 saturated carbocycles. The monoisotopic (exact) mass is 350 g/mol. The van der Waals surface area contributed by atoms with Crippen LogP contribution in [0.25, 0.3) is 21.7 Å². The lowest BCUT2D eigenvalue weighted by Crippen LogP contribution is -1.99. The van der Waals surface area contributed by atoms with Crippen molar-refractivity contribution in [3.05, 3.63) is 47.4 Å². The first-order chi connectivity index (χ1) is 12.4. The van der Waals surface area contributed by atoms with E-state index in [4.69, 9.17) is 9.15 Å². The van der Waals surface area contributed by atoms with Gasteiger partial charge in [0.2, 0.25) is 18.2 Å². The molecule has 6 nitrogen and oxygen atoms in total. The van der Waals surface area contributed by atoms with Crippen molar-refractivity contribution < 1.29 is 9.15 Å². The number of ether oxygens (including phenoxy) is 1. The smallest absolute Gasteiger partial charge is 0.247 e. The number of hydrogen-bond donors (Lipinski definition) is 0. The van der Waals surface area contributed by atoms with Gasteiger partial charge in [0.1, 0.15) is 16.9 Å². The average molecular weight is 350 g/mol. The molecule has 7 heteroatoms. The van der Waals surface area contributed by atoms with Crippen molar-refractivity contribution in [2.45, 2.75) is 25.7 Å². The molecular weight excluding hydrogens is 336 g/mol. The zero-order valence-electron chi connectivity index (χ0n) is 13.3. The summed E-state index contributed by atoms with van der Waals surface area (Å²) in [6.07, 6.45) is 7.54. The maximum atomic E-state index is 6.12. The number of rotatable bonds is 3. The van der Waals surface area contributed by atoms with Crippen LogP contribution in [0.15, 0.2) is 41.4 Å². The molecule has 0 radical (unpaired) electrons. The highest BCUT2D eigenvalue weighted by Gasteiger charge is 2.21. The van der Waals surface area contributed by atoms with Crippen LogP contribution in [-0.2, 0) is 12.8 Å². The minimum atomic E-state index is 0.464. The largest absolute Gasteiger partial charge is 0.438 e. The second-order valence-corrected chi connectivity index (χ2v) is 7.03. The minimum absolute atomic E-state index is 0.464. The number of fused-ring (bicyclic) bond motifs is 3. The van der Waals surface area contributed by atoms with Crippen molar-refractivity contribution in [2.75, 3.05) is 0 Å². The van der Waals surface area contributed by atoms with Crippen LogP contribution in [-0.4, -0.2) is 20.2 Å². The van der Waals surface area contributed by atoms with E-state index in [1.54, 1.807) is 17.7 Å². The Hall–Kier alpha value is -2.80. The Bertz CT molecular complexity index is 1040. The molecule has 1 aliphatic carbocycles. The van der Waals surface area contributed by atoms with Gasteiger partial charge in [0.15, 0.2) is 0 Å². The maximum absolute atomic E-state index is 6.12. The lowest BCUT2D eigenvalue weighted by Gasteiger charge is -2.12. The Labute approximate surface area is 147 Å². The Morgan fingerprint density at radius 1 is 1.12 bits per heavy atom. The van der Waals surface area contributed by atoms with Crippen LogP contribution in [0.5, 0.6) is 11.6 Å². The van der Waals surface area contributed by atoms with Gasteiger partial charge in [-0.15, -0.1) is 21.5 Å². The molecule has 0 atom stereocenters. The van der Waals surface area contributed by atoms with Crippen molar-refractivity contribution in [1.82, 2.24) is 20.2 Å². The van der Waals surface area contributed by atoms with Crippen LogP contribution in [0, 0.1) is 0 Å². The minimum Gasteiger partial charge on any atom is -0.438 e. The zero-order chi connectivity index (χ0) is 16.6. The molecule has 0 fully saturated rings. The van der Waals surface area contributed by atoms with E-state index in [1.165, 1.54) is 29.7 Å². The number of thiophene rings is 1. The Morgan fingerprint density at radius 2 is 2.08 bits per heavy atom. The predicted octanol–water partition coefficient (Wildman–Crippen LogP) is 4.41. The molecule has 124 valence electrons. The van der Waals surface area contributed by atoms with E-state index in [0.29, 0.717) is 17.5 Å². The van der Waals surface area contributed by atoms with E-state index in [-0.39, 0.29) is 0 Å². The highest BCUT2D eigenvalue weighted by Crippen LogP contribution is 2.40. The molecule has 3 heterocycles. The standard InChI is InChI=1S/C18H14N4O2S/c1-2-7-14-13(6-1)15-17(19-9-20-18(15)25-14)24-12-5-3-4-11(8-12)16-22-21-10-23-16/h3-5,8-10H,1-2,6-7H2. The van der Waals surface area contributed by atoms with Gasteiger partial charge in [0, 0.05) is 10.4 Å². The molecule has 1 aliphatic rings. The highest BCUT2D eigenvalue weighted by molar-refractivity contribution is 7.18. The predicted molar refractivity (Wildman–Crippen MR) is 93.9 cm³/mol. The molecule has 25 heavy (non-hydrogen) atoms. The fourth-order valence-corrected chi connectivity index (χ4v) is 4.46. The molecule has 4 aromatic rings.